The summed E-state index contributed by atoms with van der Waals surface area (Å²) in [4.78, 5) is 6.55. The topological polar surface area (TPSA) is 72.6 Å². The third kappa shape index (κ3) is 5.73. The number of aromatic nitrogens is 1. The Balaban J connectivity index is 1.46. The van der Waals surface area contributed by atoms with Crippen molar-refractivity contribution in [2.75, 3.05) is 39.0 Å². The second kappa shape index (κ2) is 10.8. The molecule has 0 radical (unpaired) electrons. The lowest BCUT2D eigenvalue weighted by Crippen LogP contribution is -2.51. The van der Waals surface area contributed by atoms with Crippen molar-refractivity contribution in [3.63, 3.8) is 0 Å². The molecule has 1 saturated heterocycles. The van der Waals surface area contributed by atoms with Crippen LogP contribution in [0.1, 0.15) is 18.6 Å². The number of nitrogen functional groups attached to an aromatic ring is 1. The van der Waals surface area contributed by atoms with Gasteiger partial charge in [0, 0.05) is 42.0 Å². The number of likely N-dealkylation sites (N-methyl/N-ethyl adjacent to an activating group) is 1. The van der Waals surface area contributed by atoms with Gasteiger partial charge in [0.2, 0.25) is 0 Å². The van der Waals surface area contributed by atoms with Gasteiger partial charge in [-0.2, -0.15) is 0 Å². The Morgan fingerprint density at radius 1 is 1.21 bits per heavy atom. The van der Waals surface area contributed by atoms with Crippen molar-refractivity contribution in [3.8, 4) is 22.6 Å². The summed E-state index contributed by atoms with van der Waals surface area (Å²) < 4.78 is 25.9. The number of nitrogens with zero attached hydrogens (tertiary/aromatic N) is 2. The van der Waals surface area contributed by atoms with Crippen molar-refractivity contribution in [2.24, 2.45) is 0 Å². The van der Waals surface area contributed by atoms with E-state index in [0.29, 0.717) is 29.0 Å². The SMILES string of the molecule is CC(Oc1cc(-c2ccc(OCC3CN(C)CCN3)cc2)cnc1N)c1c(Cl)ccc(F)c1Cl. The number of hydrogen-bond donors (Lipinski definition) is 2. The molecule has 0 amide bonds. The molecule has 180 valence electrons. The molecule has 2 atom stereocenters. The Morgan fingerprint density at radius 3 is 2.71 bits per heavy atom. The Hall–Kier alpha value is -2.58. The number of ether oxygens (including phenoxy) is 2. The lowest BCUT2D eigenvalue weighted by Gasteiger charge is -2.30. The van der Waals surface area contributed by atoms with Crippen molar-refractivity contribution in [3.05, 3.63) is 70.1 Å². The summed E-state index contributed by atoms with van der Waals surface area (Å²) in [5.74, 6) is 0.797. The molecular formula is C25H27Cl2FN4O2. The zero-order valence-corrected chi connectivity index (χ0v) is 20.5. The lowest BCUT2D eigenvalue weighted by molar-refractivity contribution is 0.180. The van der Waals surface area contributed by atoms with Crippen LogP contribution >= 0.6 is 23.2 Å². The van der Waals surface area contributed by atoms with Crippen LogP contribution in [0.5, 0.6) is 11.5 Å². The maximum atomic E-state index is 13.9. The van der Waals surface area contributed by atoms with Gasteiger partial charge in [-0.1, -0.05) is 35.3 Å². The van der Waals surface area contributed by atoms with Crippen molar-refractivity contribution in [1.82, 2.24) is 15.2 Å². The quantitative estimate of drug-likeness (QED) is 0.431. The van der Waals surface area contributed by atoms with Gasteiger partial charge in [-0.25, -0.2) is 9.37 Å². The molecule has 1 aliphatic heterocycles. The molecule has 0 aliphatic carbocycles. The molecule has 0 bridgehead atoms. The van der Waals surface area contributed by atoms with Crippen molar-refractivity contribution >= 4 is 29.0 Å². The highest BCUT2D eigenvalue weighted by Crippen LogP contribution is 2.37. The molecular weight excluding hydrogens is 478 g/mol. The van der Waals surface area contributed by atoms with Gasteiger partial charge in [0.1, 0.15) is 24.3 Å². The van der Waals surface area contributed by atoms with Crippen LogP contribution in [0.25, 0.3) is 11.1 Å². The summed E-state index contributed by atoms with van der Waals surface area (Å²) >= 11 is 12.3. The minimum absolute atomic E-state index is 0.0756. The van der Waals surface area contributed by atoms with Crippen LogP contribution in [0, 0.1) is 5.82 Å². The van der Waals surface area contributed by atoms with Gasteiger partial charge < -0.3 is 25.4 Å². The van der Waals surface area contributed by atoms with Crippen LogP contribution < -0.4 is 20.5 Å². The van der Waals surface area contributed by atoms with E-state index in [4.69, 9.17) is 38.4 Å². The number of nitrogens with one attached hydrogen (secondary N) is 1. The number of rotatable bonds is 7. The van der Waals surface area contributed by atoms with Gasteiger partial charge in [0.05, 0.1) is 11.1 Å². The van der Waals surface area contributed by atoms with Gasteiger partial charge in [-0.15, -0.1) is 0 Å². The molecule has 1 aliphatic rings. The van der Waals surface area contributed by atoms with E-state index in [1.165, 1.54) is 12.1 Å². The number of halogens is 3. The molecule has 4 rings (SSSR count). The van der Waals surface area contributed by atoms with Gasteiger partial charge in [-0.3, -0.25) is 0 Å². The first kappa shape index (κ1) is 24.5. The van der Waals surface area contributed by atoms with E-state index < -0.39 is 11.9 Å². The highest BCUT2D eigenvalue weighted by atomic mass is 35.5. The molecule has 0 saturated carbocycles. The highest BCUT2D eigenvalue weighted by Gasteiger charge is 2.20. The fraction of sp³-hybridized carbons (Fsp3) is 0.320. The number of nitrogens with two attached hydrogens (primary N) is 1. The van der Waals surface area contributed by atoms with Crippen LogP contribution in [-0.4, -0.2) is 49.2 Å². The Morgan fingerprint density at radius 2 is 1.97 bits per heavy atom. The third-order valence-electron chi connectivity index (χ3n) is 5.77. The summed E-state index contributed by atoms with van der Waals surface area (Å²) in [5, 5.41) is 3.70. The van der Waals surface area contributed by atoms with Crippen LogP contribution in [0.3, 0.4) is 0 Å². The highest BCUT2D eigenvalue weighted by molar-refractivity contribution is 6.36. The molecule has 1 aromatic heterocycles. The molecule has 3 aromatic rings. The van der Waals surface area contributed by atoms with Gasteiger partial charge in [0.25, 0.3) is 0 Å². The zero-order chi connectivity index (χ0) is 24.2. The van der Waals surface area contributed by atoms with E-state index in [-0.39, 0.29) is 10.8 Å². The largest absolute Gasteiger partial charge is 0.492 e. The van der Waals surface area contributed by atoms with Crippen LogP contribution in [-0.2, 0) is 0 Å². The maximum Gasteiger partial charge on any atom is 0.166 e. The second-order valence-electron chi connectivity index (χ2n) is 8.37. The fourth-order valence-electron chi connectivity index (χ4n) is 3.92. The molecule has 2 aromatic carbocycles. The smallest absolute Gasteiger partial charge is 0.166 e. The predicted molar refractivity (Wildman–Crippen MR) is 134 cm³/mol. The Kier molecular flexibility index (Phi) is 7.78. The van der Waals surface area contributed by atoms with E-state index in [1.807, 2.05) is 24.3 Å². The number of pyridine rings is 1. The predicted octanol–water partition coefficient (Wildman–Crippen LogP) is 5.20. The number of piperazine rings is 1. The van der Waals surface area contributed by atoms with Crippen molar-refractivity contribution < 1.29 is 13.9 Å². The summed E-state index contributed by atoms with van der Waals surface area (Å²) in [6.07, 6.45) is 1.03. The summed E-state index contributed by atoms with van der Waals surface area (Å²) in [5.41, 5.74) is 8.13. The molecule has 9 heteroatoms. The Labute approximate surface area is 208 Å². The zero-order valence-electron chi connectivity index (χ0n) is 19.0. The average Bonchev–Trinajstić information content (AvgIpc) is 2.82. The first-order chi connectivity index (χ1) is 16.3. The summed E-state index contributed by atoms with van der Waals surface area (Å²) in [7, 11) is 2.11. The molecule has 1 fully saturated rings. The molecule has 3 N–H and O–H groups in total. The normalized spacial score (nSPS) is 17.4. The number of anilines is 1. The lowest BCUT2D eigenvalue weighted by atomic mass is 10.1. The Bertz CT molecular complexity index is 1150. The molecule has 0 spiro atoms. The number of hydrogen-bond acceptors (Lipinski definition) is 6. The van der Waals surface area contributed by atoms with Crippen LogP contribution in [0.4, 0.5) is 10.2 Å². The molecule has 6 nitrogen and oxygen atoms in total. The van der Waals surface area contributed by atoms with E-state index in [0.717, 1.165) is 36.5 Å². The molecule has 2 heterocycles. The van der Waals surface area contributed by atoms with Gasteiger partial charge in [0.15, 0.2) is 11.6 Å². The van der Waals surface area contributed by atoms with Crippen molar-refractivity contribution in [2.45, 2.75) is 19.1 Å². The minimum atomic E-state index is -0.640. The van der Waals surface area contributed by atoms with E-state index in [9.17, 15) is 4.39 Å². The van der Waals surface area contributed by atoms with E-state index in [2.05, 4.69) is 22.2 Å². The minimum Gasteiger partial charge on any atom is -0.492 e. The molecule has 2 unspecified atom stereocenters. The first-order valence-corrected chi connectivity index (χ1v) is 11.8. The first-order valence-electron chi connectivity index (χ1n) is 11.0. The summed E-state index contributed by atoms with van der Waals surface area (Å²) in [6.45, 7) is 5.31. The van der Waals surface area contributed by atoms with Crippen molar-refractivity contribution in [1.29, 1.82) is 0 Å². The third-order valence-corrected chi connectivity index (χ3v) is 6.48. The molecule has 34 heavy (non-hydrogen) atoms. The summed E-state index contributed by atoms with van der Waals surface area (Å²) in [6, 6.07) is 12.5. The maximum absolute atomic E-state index is 13.9. The average molecular weight is 505 g/mol. The second-order valence-corrected chi connectivity index (χ2v) is 9.16. The van der Waals surface area contributed by atoms with Crippen LogP contribution in [0.15, 0.2) is 48.7 Å². The van der Waals surface area contributed by atoms with E-state index >= 15 is 0 Å². The van der Waals surface area contributed by atoms with Crippen LogP contribution in [0.2, 0.25) is 10.0 Å². The standard InChI is InChI=1S/C25H27Cl2FN4O2/c1-15(23-20(26)7-8-21(28)24(23)27)34-22-11-17(12-31-25(22)29)16-3-5-19(6-4-16)33-14-18-13-32(2)10-9-30-18/h3-8,11-12,15,18,30H,9-10,13-14H2,1-2H3,(H2,29,31). The van der Waals surface area contributed by atoms with E-state index in [1.54, 1.807) is 19.2 Å². The number of benzene rings is 2. The van der Waals surface area contributed by atoms with Gasteiger partial charge >= 0.3 is 0 Å². The van der Waals surface area contributed by atoms with Gasteiger partial charge in [-0.05, 0) is 49.9 Å². The fourth-order valence-corrected chi connectivity index (χ4v) is 4.59. The monoisotopic (exact) mass is 504 g/mol.